The number of halogens is 4. The van der Waals surface area contributed by atoms with Gasteiger partial charge >= 0.3 is 12.1 Å². The van der Waals surface area contributed by atoms with Crippen molar-refractivity contribution in [3.8, 4) is 17.2 Å². The quantitative estimate of drug-likeness (QED) is 0.202. The van der Waals surface area contributed by atoms with E-state index < -0.39 is 53.5 Å². The second-order valence-electron chi connectivity index (χ2n) is 13.0. The lowest BCUT2D eigenvalue weighted by Gasteiger charge is -2.31. The van der Waals surface area contributed by atoms with E-state index in [2.05, 4.69) is 11.4 Å². The first kappa shape index (κ1) is 39.3. The molecule has 0 bridgehead atoms. The lowest BCUT2D eigenvalue weighted by Crippen LogP contribution is -2.41. The number of pyridine rings is 1. The summed E-state index contributed by atoms with van der Waals surface area (Å²) >= 11 is 0. The number of carbonyl (C=O) groups is 2. The number of nitrogens with one attached hydrogen (secondary N) is 1. The molecule has 8 nitrogen and oxygen atoms in total. The van der Waals surface area contributed by atoms with Crippen molar-refractivity contribution in [1.82, 2.24) is 14.8 Å². The van der Waals surface area contributed by atoms with Gasteiger partial charge in [-0.3, -0.25) is 14.4 Å². The van der Waals surface area contributed by atoms with Gasteiger partial charge in [-0.1, -0.05) is 13.8 Å². The van der Waals surface area contributed by atoms with Crippen LogP contribution < -0.4 is 10.9 Å². The van der Waals surface area contributed by atoms with Gasteiger partial charge in [0.25, 0.3) is 5.56 Å². The molecule has 2 atom stereocenters. The molecule has 2 aromatic carbocycles. The number of carboxylic acid groups (broad SMARTS) is 1. The maximum atomic E-state index is 15.8. The number of aromatic nitrogens is 1. The lowest BCUT2D eigenvalue weighted by atomic mass is 9.90. The number of amides is 1. The molecule has 1 unspecified atom stereocenters. The number of hydrogen-bond acceptors (Lipinski definition) is 5. The van der Waals surface area contributed by atoms with Crippen molar-refractivity contribution >= 4 is 25.4 Å². The number of rotatable bonds is 12. The Hall–Kier alpha value is -4.15. The molecule has 0 aliphatic carbocycles. The number of likely N-dealkylation sites (tertiary alicyclic amines) is 1. The first-order valence-electron chi connectivity index (χ1n) is 15.9. The van der Waals surface area contributed by atoms with Crippen LogP contribution in [0.2, 0.25) is 0 Å². The number of hydrogen-bond donors (Lipinski definition) is 2. The second-order valence-corrected chi connectivity index (χ2v) is 13.0. The van der Waals surface area contributed by atoms with E-state index in [9.17, 15) is 37.9 Å². The Morgan fingerprint density at radius 2 is 1.71 bits per heavy atom. The maximum Gasteiger partial charge on any atom is 0.416 e. The highest BCUT2D eigenvalue weighted by molar-refractivity contribution is 7.59. The van der Waals surface area contributed by atoms with E-state index in [1.54, 1.807) is 45.9 Å². The summed E-state index contributed by atoms with van der Waals surface area (Å²) in [6, 6.07) is 6.50. The minimum atomic E-state index is -4.78. The summed E-state index contributed by atoms with van der Waals surface area (Å²) in [6.07, 6.45) is -3.38. The van der Waals surface area contributed by atoms with Crippen molar-refractivity contribution < 1.29 is 32.3 Å². The molecule has 4 rings (SSSR count). The fraction of sp³-hybridized carbons (Fsp3) is 0.444. The van der Waals surface area contributed by atoms with Crippen LogP contribution in [-0.2, 0) is 22.2 Å². The highest BCUT2D eigenvalue weighted by Gasteiger charge is 2.36. The summed E-state index contributed by atoms with van der Waals surface area (Å²) in [4.78, 5) is 41.2. The predicted octanol–water partition coefficient (Wildman–Crippen LogP) is 6.75. The molecule has 1 fully saturated rings. The normalized spacial score (nSPS) is 14.4. The van der Waals surface area contributed by atoms with Crippen LogP contribution in [0.1, 0.15) is 84.1 Å². The van der Waals surface area contributed by atoms with E-state index in [0.29, 0.717) is 34.9 Å². The van der Waals surface area contributed by atoms with Gasteiger partial charge in [-0.2, -0.15) is 31.9 Å². The minimum absolute atomic E-state index is 0. The summed E-state index contributed by atoms with van der Waals surface area (Å²) < 4.78 is 58.8. The third-order valence-corrected chi connectivity index (χ3v) is 8.80. The zero-order valence-electron chi connectivity index (χ0n) is 28.2. The summed E-state index contributed by atoms with van der Waals surface area (Å²) in [7, 11) is 0. The Balaban J connectivity index is 0.00000650. The van der Waals surface area contributed by atoms with Crippen LogP contribution in [0.25, 0.3) is 11.1 Å². The standard InChI is InChI=1S/C36H40F4N4O4.H2S/c1-20(2)11-31(44-19-24(7-10-43-8-6-9-43)29(16-32(44)45)36(38,39)40)35(48)42-30(17-33(46)47)28-15-25(13-23(5)34(28)37)27-14-21(3)26(18-41)12-22(27)4;/h12-16,19-20,30-31H,6-11,17H2,1-5H3,(H,42,48)(H,46,47);1H2/t30-,31?;/m0./s1. The molecular formula is C36H42F4N4O4S. The topological polar surface area (TPSA) is 115 Å². The van der Waals surface area contributed by atoms with Crippen molar-refractivity contribution in [2.24, 2.45) is 5.92 Å². The molecule has 1 aliphatic rings. The number of benzene rings is 2. The third kappa shape index (κ3) is 9.30. The molecule has 1 aromatic heterocycles. The number of nitriles is 1. The molecule has 3 aromatic rings. The number of aryl methyl sites for hydroxylation is 3. The first-order chi connectivity index (χ1) is 22.5. The Morgan fingerprint density at radius 3 is 2.27 bits per heavy atom. The number of carbonyl (C=O) groups excluding carboxylic acids is 1. The zero-order valence-corrected chi connectivity index (χ0v) is 29.2. The molecule has 1 amide bonds. The molecule has 0 saturated carbocycles. The van der Waals surface area contributed by atoms with Crippen LogP contribution in [0.15, 0.2) is 41.3 Å². The summed E-state index contributed by atoms with van der Waals surface area (Å²) in [5.41, 5.74) is 1.03. The number of alkyl halides is 3. The molecule has 0 radical (unpaired) electrons. The molecular weight excluding hydrogens is 660 g/mol. The summed E-state index contributed by atoms with van der Waals surface area (Å²) in [6.45, 7) is 10.5. The van der Waals surface area contributed by atoms with E-state index in [1.807, 2.05) is 4.90 Å². The Bertz CT molecular complexity index is 1810. The number of nitrogens with zero attached hydrogens (tertiary/aromatic N) is 3. The largest absolute Gasteiger partial charge is 0.481 e. The maximum absolute atomic E-state index is 15.8. The summed E-state index contributed by atoms with van der Waals surface area (Å²) in [5.74, 6) is -3.07. The SMILES string of the molecule is Cc1cc(-c2cc(C)c(F)c([C@H](CC(=O)O)NC(=O)C(CC(C)C)n3cc(CCN4CCC4)c(C(F)(F)F)cc3=O)c2)c(C)cc1C#N.S. The van der Waals surface area contributed by atoms with Gasteiger partial charge in [-0.15, -0.1) is 0 Å². The van der Waals surface area contributed by atoms with Gasteiger partial charge in [0, 0.05) is 24.4 Å². The van der Waals surface area contributed by atoms with Gasteiger partial charge in [-0.05, 0) is 117 Å². The van der Waals surface area contributed by atoms with Crippen molar-refractivity contribution in [2.45, 2.75) is 78.6 Å². The van der Waals surface area contributed by atoms with Crippen LogP contribution >= 0.6 is 13.5 Å². The molecule has 13 heteroatoms. The van der Waals surface area contributed by atoms with E-state index in [1.165, 1.54) is 13.0 Å². The van der Waals surface area contributed by atoms with Crippen LogP contribution in [0, 0.1) is 43.8 Å². The minimum Gasteiger partial charge on any atom is -0.481 e. The van der Waals surface area contributed by atoms with Crippen molar-refractivity contribution in [3.63, 3.8) is 0 Å². The molecule has 0 spiro atoms. The van der Waals surface area contributed by atoms with Crippen molar-refractivity contribution in [2.75, 3.05) is 19.6 Å². The van der Waals surface area contributed by atoms with E-state index in [0.717, 1.165) is 35.8 Å². The van der Waals surface area contributed by atoms with Gasteiger partial charge in [0.05, 0.1) is 29.7 Å². The average Bonchev–Trinajstić information content (AvgIpc) is 2.96. The van der Waals surface area contributed by atoms with Crippen LogP contribution in [0.4, 0.5) is 17.6 Å². The number of aliphatic carboxylic acids is 1. The average molecular weight is 703 g/mol. The van der Waals surface area contributed by atoms with Gasteiger partial charge in [0.2, 0.25) is 5.91 Å². The zero-order chi connectivity index (χ0) is 35.5. The fourth-order valence-corrected chi connectivity index (χ4v) is 6.11. The van der Waals surface area contributed by atoms with Crippen molar-refractivity contribution in [1.29, 1.82) is 5.26 Å². The summed E-state index contributed by atoms with van der Waals surface area (Å²) in [5, 5.41) is 21.8. The third-order valence-electron chi connectivity index (χ3n) is 8.80. The number of carboxylic acids is 1. The van der Waals surface area contributed by atoms with Crippen LogP contribution in [0.3, 0.4) is 0 Å². The van der Waals surface area contributed by atoms with Gasteiger partial charge in [0.1, 0.15) is 11.9 Å². The predicted molar refractivity (Wildman–Crippen MR) is 183 cm³/mol. The van der Waals surface area contributed by atoms with E-state index in [-0.39, 0.29) is 48.9 Å². The van der Waals surface area contributed by atoms with Gasteiger partial charge in [0.15, 0.2) is 0 Å². The highest BCUT2D eigenvalue weighted by Crippen LogP contribution is 2.35. The molecule has 1 saturated heterocycles. The van der Waals surface area contributed by atoms with Gasteiger partial charge < -0.3 is 19.9 Å². The van der Waals surface area contributed by atoms with Crippen molar-refractivity contribution in [3.05, 3.63) is 91.6 Å². The Labute approximate surface area is 290 Å². The van der Waals surface area contributed by atoms with Crippen LogP contribution in [0.5, 0.6) is 0 Å². The first-order valence-corrected chi connectivity index (χ1v) is 15.9. The lowest BCUT2D eigenvalue weighted by molar-refractivity contribution is -0.139. The molecule has 1 aliphatic heterocycles. The Morgan fingerprint density at radius 1 is 1.04 bits per heavy atom. The molecule has 264 valence electrons. The Kier molecular flexibility index (Phi) is 12.9. The van der Waals surface area contributed by atoms with E-state index in [4.69, 9.17) is 0 Å². The molecule has 2 heterocycles. The second kappa shape index (κ2) is 16.0. The monoisotopic (exact) mass is 702 g/mol. The van der Waals surface area contributed by atoms with Crippen LogP contribution in [-0.4, -0.2) is 46.1 Å². The molecule has 49 heavy (non-hydrogen) atoms. The van der Waals surface area contributed by atoms with E-state index >= 15 is 4.39 Å². The highest BCUT2D eigenvalue weighted by atomic mass is 32.1. The molecule has 2 N–H and O–H groups in total. The fourth-order valence-electron chi connectivity index (χ4n) is 6.11. The smallest absolute Gasteiger partial charge is 0.416 e. The van der Waals surface area contributed by atoms with Gasteiger partial charge in [-0.25, -0.2) is 4.39 Å².